The van der Waals surface area contributed by atoms with E-state index in [9.17, 15) is 23.3 Å². The number of thiazole rings is 1. The summed E-state index contributed by atoms with van der Waals surface area (Å²) < 4.78 is 25.3. The molecule has 1 heterocycles. The minimum atomic E-state index is -3.90. The maximum absolute atomic E-state index is 12.7. The lowest BCUT2D eigenvalue weighted by Crippen LogP contribution is -2.17. The molecule has 29 heavy (non-hydrogen) atoms. The maximum Gasteiger partial charge on any atom is 0.280 e. The Morgan fingerprint density at radius 1 is 1.38 bits per heavy atom. The summed E-state index contributed by atoms with van der Waals surface area (Å²) >= 11 is 1.06. The third kappa shape index (κ3) is 3.95. The number of nitrogens with two attached hydrogens (primary N) is 1. The van der Waals surface area contributed by atoms with Gasteiger partial charge in [-0.15, -0.1) is 6.42 Å². The second kappa shape index (κ2) is 7.59. The van der Waals surface area contributed by atoms with Gasteiger partial charge < -0.3 is 4.57 Å². The molecule has 0 fully saturated rings. The van der Waals surface area contributed by atoms with E-state index in [4.69, 9.17) is 11.6 Å². The summed E-state index contributed by atoms with van der Waals surface area (Å²) in [5.74, 6) is 1.79. The standard InChI is InChI=1S/C18H14N4O5S2/c1-3-9-21-15-8-7-12(29(19,26)27)10-16(15)28-18(21)20-17(23)13-5-4-6-14(11(13)2)22(24)25/h1,4-8,10H,9H2,2H3,(H2,19,26,27). The minimum Gasteiger partial charge on any atom is -0.305 e. The summed E-state index contributed by atoms with van der Waals surface area (Å²) in [6, 6.07) is 8.42. The Morgan fingerprint density at radius 2 is 2.10 bits per heavy atom. The van der Waals surface area contributed by atoms with E-state index in [1.807, 2.05) is 0 Å². The summed E-state index contributed by atoms with van der Waals surface area (Å²) in [4.78, 5) is 27.5. The number of benzene rings is 2. The van der Waals surface area contributed by atoms with Crippen LogP contribution in [0.5, 0.6) is 0 Å². The van der Waals surface area contributed by atoms with Crippen LogP contribution in [0.3, 0.4) is 0 Å². The Hall–Kier alpha value is -3.33. The Labute approximate surface area is 169 Å². The third-order valence-corrected chi connectivity index (χ3v) is 6.11. The van der Waals surface area contributed by atoms with Gasteiger partial charge in [0.05, 0.1) is 32.1 Å². The largest absolute Gasteiger partial charge is 0.305 e. The summed E-state index contributed by atoms with van der Waals surface area (Å²) in [7, 11) is -3.90. The molecule has 0 spiro atoms. The molecule has 3 rings (SSSR count). The lowest BCUT2D eigenvalue weighted by molar-refractivity contribution is -0.385. The van der Waals surface area contributed by atoms with Crippen LogP contribution in [-0.2, 0) is 16.6 Å². The zero-order valence-corrected chi connectivity index (χ0v) is 16.7. The highest BCUT2D eigenvalue weighted by Gasteiger charge is 2.18. The number of nitro groups is 1. The summed E-state index contributed by atoms with van der Waals surface area (Å²) in [6.07, 6.45) is 5.41. The number of hydrogen-bond donors (Lipinski definition) is 1. The highest BCUT2D eigenvalue weighted by Crippen LogP contribution is 2.23. The van der Waals surface area contributed by atoms with Gasteiger partial charge in [0.1, 0.15) is 0 Å². The van der Waals surface area contributed by atoms with E-state index in [-0.39, 0.29) is 33.1 Å². The van der Waals surface area contributed by atoms with E-state index in [0.29, 0.717) is 10.2 Å². The monoisotopic (exact) mass is 430 g/mol. The molecular formula is C18H14N4O5S2. The number of rotatable bonds is 4. The highest BCUT2D eigenvalue weighted by molar-refractivity contribution is 7.89. The van der Waals surface area contributed by atoms with Crippen LogP contribution < -0.4 is 9.94 Å². The summed E-state index contributed by atoms with van der Waals surface area (Å²) in [5, 5.41) is 16.3. The van der Waals surface area contributed by atoms with E-state index in [1.54, 1.807) is 4.57 Å². The first kappa shape index (κ1) is 20.4. The molecule has 1 aromatic heterocycles. The maximum atomic E-state index is 12.7. The number of carbonyl (C=O) groups is 1. The number of fused-ring (bicyclic) bond motifs is 1. The average molecular weight is 430 g/mol. The van der Waals surface area contributed by atoms with Crippen molar-refractivity contribution in [2.24, 2.45) is 10.1 Å². The summed E-state index contributed by atoms with van der Waals surface area (Å²) in [6.45, 7) is 1.56. The molecule has 0 aliphatic rings. The van der Waals surface area contributed by atoms with Gasteiger partial charge in [-0.1, -0.05) is 23.3 Å². The Kier molecular flexibility index (Phi) is 5.34. The fraction of sp³-hybridized carbons (Fsp3) is 0.111. The van der Waals surface area contributed by atoms with Crippen molar-refractivity contribution in [3.05, 3.63) is 62.4 Å². The van der Waals surface area contributed by atoms with E-state index in [0.717, 1.165) is 11.3 Å². The molecular weight excluding hydrogens is 416 g/mol. The van der Waals surface area contributed by atoms with Crippen LogP contribution in [0.15, 0.2) is 46.3 Å². The van der Waals surface area contributed by atoms with Crippen molar-refractivity contribution in [1.29, 1.82) is 0 Å². The van der Waals surface area contributed by atoms with Crippen molar-refractivity contribution in [2.75, 3.05) is 0 Å². The molecule has 0 radical (unpaired) electrons. The van der Waals surface area contributed by atoms with Crippen molar-refractivity contribution in [3.8, 4) is 12.3 Å². The van der Waals surface area contributed by atoms with E-state index < -0.39 is 20.9 Å². The van der Waals surface area contributed by atoms with Crippen LogP contribution in [0.2, 0.25) is 0 Å². The van der Waals surface area contributed by atoms with Crippen molar-refractivity contribution in [3.63, 3.8) is 0 Å². The van der Waals surface area contributed by atoms with Gasteiger partial charge >= 0.3 is 0 Å². The topological polar surface area (TPSA) is 138 Å². The molecule has 148 valence electrons. The Balaban J connectivity index is 2.21. The van der Waals surface area contributed by atoms with Gasteiger partial charge in [0, 0.05) is 11.6 Å². The molecule has 0 saturated heterocycles. The van der Waals surface area contributed by atoms with Crippen LogP contribution in [0.4, 0.5) is 5.69 Å². The lowest BCUT2D eigenvalue weighted by Gasteiger charge is -2.03. The molecule has 0 unspecified atom stereocenters. The van der Waals surface area contributed by atoms with Gasteiger partial charge in [-0.05, 0) is 31.2 Å². The van der Waals surface area contributed by atoms with Crippen molar-refractivity contribution >= 4 is 43.2 Å². The van der Waals surface area contributed by atoms with Crippen LogP contribution in [0.1, 0.15) is 15.9 Å². The molecule has 2 aromatic carbocycles. The number of amides is 1. The highest BCUT2D eigenvalue weighted by atomic mass is 32.2. The first-order chi connectivity index (χ1) is 13.6. The van der Waals surface area contributed by atoms with Gasteiger partial charge in [-0.25, -0.2) is 13.6 Å². The first-order valence-electron chi connectivity index (χ1n) is 8.06. The van der Waals surface area contributed by atoms with E-state index in [1.165, 1.54) is 43.3 Å². The molecule has 9 nitrogen and oxygen atoms in total. The second-order valence-electron chi connectivity index (χ2n) is 5.97. The molecule has 11 heteroatoms. The van der Waals surface area contributed by atoms with Crippen LogP contribution >= 0.6 is 11.3 Å². The van der Waals surface area contributed by atoms with Crippen molar-refractivity contribution < 1.29 is 18.1 Å². The van der Waals surface area contributed by atoms with Gasteiger partial charge in [-0.2, -0.15) is 4.99 Å². The normalized spacial score (nSPS) is 12.1. The number of terminal acetylenes is 1. The number of aromatic nitrogens is 1. The van der Waals surface area contributed by atoms with Gasteiger partial charge in [0.15, 0.2) is 4.80 Å². The van der Waals surface area contributed by atoms with Crippen LogP contribution in [-0.4, -0.2) is 23.8 Å². The zero-order chi connectivity index (χ0) is 21.3. The molecule has 0 aliphatic carbocycles. The Morgan fingerprint density at radius 3 is 2.72 bits per heavy atom. The fourth-order valence-electron chi connectivity index (χ4n) is 2.76. The van der Waals surface area contributed by atoms with Crippen LogP contribution in [0, 0.1) is 29.4 Å². The zero-order valence-electron chi connectivity index (χ0n) is 15.0. The van der Waals surface area contributed by atoms with Crippen LogP contribution in [0.25, 0.3) is 10.2 Å². The smallest absolute Gasteiger partial charge is 0.280 e. The van der Waals surface area contributed by atoms with E-state index in [2.05, 4.69) is 10.9 Å². The predicted octanol–water partition coefficient (Wildman–Crippen LogP) is 1.94. The number of nitro benzene ring substituents is 1. The molecule has 1 amide bonds. The molecule has 0 saturated carbocycles. The average Bonchev–Trinajstić information content (AvgIpc) is 2.97. The van der Waals surface area contributed by atoms with Crippen molar-refractivity contribution in [1.82, 2.24) is 4.57 Å². The molecule has 0 aliphatic heterocycles. The second-order valence-corrected chi connectivity index (χ2v) is 8.54. The third-order valence-electron chi connectivity index (χ3n) is 4.16. The number of nitrogens with zero attached hydrogens (tertiary/aromatic N) is 3. The molecule has 0 bridgehead atoms. The predicted molar refractivity (Wildman–Crippen MR) is 108 cm³/mol. The number of carbonyl (C=O) groups excluding carboxylic acids is 1. The minimum absolute atomic E-state index is 0.0773. The SMILES string of the molecule is C#CCn1c(=NC(=O)c2cccc([N+](=O)[O-])c2C)sc2cc(S(N)(=O)=O)ccc21. The summed E-state index contributed by atoms with van der Waals surface area (Å²) in [5.41, 5.74) is 0.695. The van der Waals surface area contributed by atoms with Crippen molar-refractivity contribution in [2.45, 2.75) is 18.4 Å². The van der Waals surface area contributed by atoms with Gasteiger partial charge in [0.2, 0.25) is 10.0 Å². The molecule has 0 atom stereocenters. The Bertz CT molecular complexity index is 1380. The molecule has 2 N–H and O–H groups in total. The van der Waals surface area contributed by atoms with Gasteiger partial charge in [-0.3, -0.25) is 14.9 Å². The number of sulfonamides is 1. The molecule has 3 aromatic rings. The van der Waals surface area contributed by atoms with Gasteiger partial charge in [0.25, 0.3) is 11.6 Å². The quantitative estimate of drug-likeness (QED) is 0.383. The number of hydrogen-bond acceptors (Lipinski definition) is 6. The lowest BCUT2D eigenvalue weighted by atomic mass is 10.1. The number of primary sulfonamides is 1. The van der Waals surface area contributed by atoms with E-state index >= 15 is 0 Å². The first-order valence-corrected chi connectivity index (χ1v) is 10.4. The fourth-order valence-corrected chi connectivity index (χ4v) is 4.44.